The second kappa shape index (κ2) is 2.60. The molecule has 0 aromatic carbocycles. The van der Waals surface area contributed by atoms with Crippen molar-refractivity contribution in [2.45, 2.75) is 13.8 Å². The van der Waals surface area contributed by atoms with E-state index in [1.165, 1.54) is 0 Å². The van der Waals surface area contributed by atoms with Gasteiger partial charge in [-0.25, -0.2) is 0 Å². The van der Waals surface area contributed by atoms with Gasteiger partial charge in [0.05, 0.1) is 3.72 Å². The third-order valence-corrected chi connectivity index (χ3v) is 3.38. The van der Waals surface area contributed by atoms with Crippen molar-refractivity contribution in [1.29, 1.82) is 5.41 Å². The number of allylic oxidation sites excluding steroid dienone is 2. The second-order valence-corrected chi connectivity index (χ2v) is 4.25. The van der Waals surface area contributed by atoms with E-state index in [9.17, 15) is 0 Å². The molecule has 0 radical (unpaired) electrons. The topological polar surface area (TPSA) is 35.9 Å². The maximum atomic E-state index is 7.44. The molecule has 0 aromatic rings. The molecule has 3 heteroatoms. The Bertz CT molecular complexity index is 203. The highest BCUT2D eigenvalue weighted by Gasteiger charge is 2.03. The Labute approximate surface area is 64.6 Å². The van der Waals surface area contributed by atoms with Gasteiger partial charge in [-0.2, -0.15) is 0 Å². The van der Waals surface area contributed by atoms with Crippen LogP contribution in [0.5, 0.6) is 0 Å². The van der Waals surface area contributed by atoms with Gasteiger partial charge in [0, 0.05) is 9.83 Å². The fraction of sp³-hybridized carbons (Fsp3) is 0.333. The first kappa shape index (κ1) is 6.92. The molecule has 0 unspecified atom stereocenters. The summed E-state index contributed by atoms with van der Waals surface area (Å²) in [6.45, 7) is 4.00. The molecule has 1 rings (SSSR count). The van der Waals surface area contributed by atoms with Crippen LogP contribution >= 0.6 is 20.7 Å². The first-order chi connectivity index (χ1) is 4.22. The first-order valence-electron chi connectivity index (χ1n) is 2.70. The van der Waals surface area contributed by atoms with Gasteiger partial charge in [-0.15, -0.1) is 0 Å². The van der Waals surface area contributed by atoms with Crippen LogP contribution in [0, 0.1) is 5.41 Å². The lowest BCUT2D eigenvalue weighted by molar-refractivity contribution is 1.13. The third-order valence-electron chi connectivity index (χ3n) is 1.33. The average Bonchev–Trinajstić information content (AvgIpc) is 1.83. The second-order valence-electron chi connectivity index (χ2n) is 1.93. The molecule has 1 aliphatic rings. The quantitative estimate of drug-likeness (QED) is 0.615. The van der Waals surface area contributed by atoms with Crippen LogP contribution in [0.15, 0.2) is 11.3 Å². The Morgan fingerprint density at radius 3 is 2.67 bits per heavy atom. The summed E-state index contributed by atoms with van der Waals surface area (Å²) in [5.41, 5.74) is 2.26. The van der Waals surface area contributed by atoms with Crippen LogP contribution < -0.4 is 5.32 Å². The summed E-state index contributed by atoms with van der Waals surface area (Å²) in [7, 11) is 0. The van der Waals surface area contributed by atoms with Crippen molar-refractivity contribution in [2.24, 2.45) is 0 Å². The molecule has 0 fully saturated rings. The van der Waals surface area contributed by atoms with Crippen LogP contribution in [0.1, 0.15) is 13.8 Å². The van der Waals surface area contributed by atoms with E-state index in [0.717, 1.165) is 15.0 Å². The molecule has 1 heterocycles. The molecular weight excluding hydrogens is 227 g/mol. The molecule has 0 aromatic heterocycles. The van der Waals surface area contributed by atoms with Gasteiger partial charge in [0.25, 0.3) is 0 Å². The molecule has 0 saturated carbocycles. The summed E-state index contributed by atoms with van der Waals surface area (Å²) in [6, 6.07) is 0. The summed E-state index contributed by atoms with van der Waals surface area (Å²) >= 11 is -0.126. The zero-order valence-electron chi connectivity index (χ0n) is 5.46. The van der Waals surface area contributed by atoms with E-state index < -0.39 is 0 Å². The monoisotopic (exact) mass is 236 g/mol. The molecule has 0 spiro atoms. The van der Waals surface area contributed by atoms with E-state index in [-0.39, 0.29) is 20.7 Å². The predicted molar refractivity (Wildman–Crippen MR) is 49.3 cm³/mol. The molecule has 2 nitrogen and oxygen atoms in total. The largest absolute Gasteiger partial charge is 0.360 e. The normalized spacial score (nSPS) is 19.1. The van der Waals surface area contributed by atoms with Crippen LogP contribution in [0.4, 0.5) is 0 Å². The number of hydrogen-bond donors (Lipinski definition) is 2. The van der Waals surface area contributed by atoms with Gasteiger partial charge in [0.1, 0.15) is 0 Å². The highest BCUT2D eigenvalue weighted by atomic mass is 127. The summed E-state index contributed by atoms with van der Waals surface area (Å²) < 4.78 is 2.86. The number of hydrogen-bond acceptors (Lipinski definition) is 2. The molecule has 9 heavy (non-hydrogen) atoms. The number of halogens is 1. The molecule has 0 bridgehead atoms. The van der Waals surface area contributed by atoms with Crippen LogP contribution in [0.25, 0.3) is 0 Å². The molecule has 0 saturated heterocycles. The van der Waals surface area contributed by atoms with Crippen molar-refractivity contribution < 1.29 is 0 Å². The van der Waals surface area contributed by atoms with Crippen molar-refractivity contribution in [3.8, 4) is 0 Å². The minimum Gasteiger partial charge on any atom is -0.360 e. The van der Waals surface area contributed by atoms with Crippen molar-refractivity contribution in [1.82, 2.24) is 5.32 Å². The van der Waals surface area contributed by atoms with Gasteiger partial charge in [-0.3, -0.25) is 5.41 Å². The smallest absolute Gasteiger partial charge is 0.0924 e. The summed E-state index contributed by atoms with van der Waals surface area (Å²) in [5, 5.41) is 10.6. The standard InChI is InChI=1S/C6H9IN2/c1-4-5(2)9-3-7-6(4)8/h3,8-9H,1-2H3. The van der Waals surface area contributed by atoms with E-state index in [0.29, 0.717) is 0 Å². The summed E-state index contributed by atoms with van der Waals surface area (Å²) in [6.07, 6.45) is 0. The Kier molecular flexibility index (Phi) is 2.00. The van der Waals surface area contributed by atoms with E-state index in [1.807, 2.05) is 18.0 Å². The van der Waals surface area contributed by atoms with Crippen molar-refractivity contribution in [3.63, 3.8) is 0 Å². The van der Waals surface area contributed by atoms with E-state index >= 15 is 0 Å². The molecule has 1 aliphatic heterocycles. The van der Waals surface area contributed by atoms with Crippen LogP contribution in [0.2, 0.25) is 0 Å². The lowest BCUT2D eigenvalue weighted by Crippen LogP contribution is -2.14. The van der Waals surface area contributed by atoms with Crippen molar-refractivity contribution in [2.75, 3.05) is 0 Å². The Hall–Kier alpha value is -0.190. The highest BCUT2D eigenvalue weighted by molar-refractivity contribution is 14.2. The van der Waals surface area contributed by atoms with Crippen LogP contribution in [-0.4, -0.2) is 7.85 Å². The minimum atomic E-state index is -0.126. The van der Waals surface area contributed by atoms with Gasteiger partial charge in [-0.1, -0.05) is 0 Å². The first-order valence-corrected chi connectivity index (χ1v) is 5.02. The van der Waals surface area contributed by atoms with Crippen LogP contribution in [-0.2, 0) is 0 Å². The molecule has 0 amide bonds. The Balaban J connectivity index is 2.92. The summed E-state index contributed by atoms with van der Waals surface area (Å²) in [4.78, 5) is 0. The third kappa shape index (κ3) is 1.38. The fourth-order valence-electron chi connectivity index (χ4n) is 0.518. The zero-order chi connectivity index (χ0) is 6.85. The SMILES string of the molecule is CC1=C(C)C(=N)I=CN1. The zero-order valence-corrected chi connectivity index (χ0v) is 7.61. The van der Waals surface area contributed by atoms with Gasteiger partial charge < -0.3 is 5.32 Å². The van der Waals surface area contributed by atoms with Crippen LogP contribution in [0.3, 0.4) is 0 Å². The lowest BCUT2D eigenvalue weighted by Gasteiger charge is -2.09. The van der Waals surface area contributed by atoms with E-state index in [1.54, 1.807) is 0 Å². The van der Waals surface area contributed by atoms with Gasteiger partial charge >= 0.3 is 0 Å². The maximum Gasteiger partial charge on any atom is 0.0924 e. The minimum absolute atomic E-state index is 0.126. The lowest BCUT2D eigenvalue weighted by atomic mass is 10.3. The van der Waals surface area contributed by atoms with Gasteiger partial charge in [0.15, 0.2) is 0 Å². The van der Waals surface area contributed by atoms with E-state index in [2.05, 4.69) is 5.32 Å². The predicted octanol–water partition coefficient (Wildman–Crippen LogP) is 1.59. The molecule has 2 N–H and O–H groups in total. The maximum absolute atomic E-state index is 7.44. The highest BCUT2D eigenvalue weighted by Crippen LogP contribution is 2.14. The Morgan fingerprint density at radius 1 is 1.56 bits per heavy atom. The summed E-state index contributed by atoms with van der Waals surface area (Å²) in [5.74, 6) is 0. The number of rotatable bonds is 0. The fourth-order valence-corrected chi connectivity index (χ4v) is 2.32. The van der Waals surface area contributed by atoms with E-state index in [4.69, 9.17) is 5.41 Å². The molecule has 0 atom stereocenters. The molecule has 0 aliphatic carbocycles. The van der Waals surface area contributed by atoms with Crippen molar-refractivity contribution >= 4 is 28.6 Å². The van der Waals surface area contributed by atoms with Crippen molar-refractivity contribution in [3.05, 3.63) is 11.3 Å². The Morgan fingerprint density at radius 2 is 2.22 bits per heavy atom. The number of nitrogens with one attached hydrogen (secondary N) is 2. The van der Waals surface area contributed by atoms with Gasteiger partial charge in [0.2, 0.25) is 0 Å². The average molecular weight is 236 g/mol. The molecule has 50 valence electrons. The molecular formula is C6H9IN2. The van der Waals surface area contributed by atoms with Gasteiger partial charge in [-0.05, 0) is 40.2 Å².